The number of ether oxygens (including phenoxy) is 2. The molecule has 0 saturated carbocycles. The van der Waals surface area contributed by atoms with Crippen LogP contribution < -0.4 is 9.47 Å². The Morgan fingerprint density at radius 3 is 2.62 bits per heavy atom. The quantitative estimate of drug-likeness (QED) is 0.503. The number of amides is 1. The number of rotatable bonds is 8. The Balaban J connectivity index is 1.80. The number of hydrogen-bond acceptors (Lipinski definition) is 6. The van der Waals surface area contributed by atoms with E-state index in [0.717, 1.165) is 11.1 Å². The van der Waals surface area contributed by atoms with Gasteiger partial charge in [0.15, 0.2) is 18.1 Å². The van der Waals surface area contributed by atoms with Crippen molar-refractivity contribution in [2.45, 2.75) is 13.5 Å². The first-order valence-electron chi connectivity index (χ1n) is 8.88. The predicted octanol–water partition coefficient (Wildman–Crippen LogP) is 3.95. The zero-order valence-electron chi connectivity index (χ0n) is 15.7. The van der Waals surface area contributed by atoms with Gasteiger partial charge in [0.1, 0.15) is 4.32 Å². The number of carbonyl (C=O) groups excluding carboxylic acids is 1. The van der Waals surface area contributed by atoms with Crippen molar-refractivity contribution >= 4 is 46.3 Å². The molecule has 2 aromatic carbocycles. The van der Waals surface area contributed by atoms with Crippen LogP contribution in [0, 0.1) is 0 Å². The number of carbonyl (C=O) groups is 2. The molecule has 0 radical (unpaired) electrons. The van der Waals surface area contributed by atoms with Crippen LogP contribution in [0.4, 0.5) is 0 Å². The molecule has 1 N–H and O–H groups in total. The topological polar surface area (TPSA) is 76.1 Å². The minimum atomic E-state index is -1.07. The molecule has 1 amide bonds. The summed E-state index contributed by atoms with van der Waals surface area (Å²) in [4.78, 5) is 25.6. The van der Waals surface area contributed by atoms with Gasteiger partial charge in [-0.2, -0.15) is 0 Å². The summed E-state index contributed by atoms with van der Waals surface area (Å²) in [5.41, 5.74) is 1.74. The highest BCUT2D eigenvalue weighted by Gasteiger charge is 2.32. The Labute approximate surface area is 178 Å². The molecular weight excluding hydrogens is 410 g/mol. The smallest absolute Gasteiger partial charge is 0.341 e. The van der Waals surface area contributed by atoms with Crippen LogP contribution >= 0.6 is 24.0 Å². The summed E-state index contributed by atoms with van der Waals surface area (Å²) in [7, 11) is 0. The second-order valence-electron chi connectivity index (χ2n) is 6.08. The monoisotopic (exact) mass is 429 g/mol. The highest BCUT2D eigenvalue weighted by molar-refractivity contribution is 8.26. The fourth-order valence-corrected chi connectivity index (χ4v) is 3.95. The Morgan fingerprint density at radius 2 is 1.93 bits per heavy atom. The Morgan fingerprint density at radius 1 is 1.17 bits per heavy atom. The van der Waals surface area contributed by atoms with Crippen molar-refractivity contribution in [3.8, 4) is 11.5 Å². The van der Waals surface area contributed by atoms with Crippen molar-refractivity contribution in [2.75, 3.05) is 13.2 Å². The summed E-state index contributed by atoms with van der Waals surface area (Å²) in [5, 5.41) is 8.79. The molecule has 0 aromatic heterocycles. The van der Waals surface area contributed by atoms with Gasteiger partial charge in [0.25, 0.3) is 5.91 Å². The van der Waals surface area contributed by atoms with Gasteiger partial charge in [-0.15, -0.1) is 0 Å². The number of thiocarbonyl (C=S) groups is 1. The molecule has 1 aliphatic rings. The van der Waals surface area contributed by atoms with Gasteiger partial charge in [0, 0.05) is 0 Å². The highest BCUT2D eigenvalue weighted by Crippen LogP contribution is 2.35. The molecule has 3 rings (SSSR count). The summed E-state index contributed by atoms with van der Waals surface area (Å²) in [6.45, 7) is 2.18. The minimum Gasteiger partial charge on any atom is -0.490 e. The van der Waals surface area contributed by atoms with E-state index in [2.05, 4.69) is 0 Å². The van der Waals surface area contributed by atoms with E-state index < -0.39 is 12.6 Å². The highest BCUT2D eigenvalue weighted by atomic mass is 32.2. The van der Waals surface area contributed by atoms with E-state index in [-0.39, 0.29) is 5.91 Å². The zero-order valence-corrected chi connectivity index (χ0v) is 17.3. The normalized spacial score (nSPS) is 15.1. The summed E-state index contributed by atoms with van der Waals surface area (Å²) >= 11 is 6.64. The third-order valence-electron chi connectivity index (χ3n) is 3.97. The molecule has 0 aliphatic carbocycles. The Hall–Kier alpha value is -2.84. The summed E-state index contributed by atoms with van der Waals surface area (Å²) in [6.07, 6.45) is 1.74. The number of carboxylic acids is 1. The molecule has 1 fully saturated rings. The first kappa shape index (κ1) is 20.9. The summed E-state index contributed by atoms with van der Waals surface area (Å²) < 4.78 is 11.3. The molecule has 1 aliphatic heterocycles. The van der Waals surface area contributed by atoms with E-state index in [4.69, 9.17) is 26.8 Å². The lowest BCUT2D eigenvalue weighted by Crippen LogP contribution is -2.27. The molecule has 29 heavy (non-hydrogen) atoms. The maximum Gasteiger partial charge on any atom is 0.341 e. The van der Waals surface area contributed by atoms with Crippen LogP contribution in [0.25, 0.3) is 6.08 Å². The summed E-state index contributed by atoms with van der Waals surface area (Å²) in [5.74, 6) is -0.461. The standard InChI is InChI=1S/C21H19NO5S2/c1-2-26-17-10-15(8-9-16(17)27-13-19(23)24)11-18-20(25)22(21(28)29-18)12-14-6-4-3-5-7-14/h3-11H,2,12-13H2,1H3,(H,23,24). The predicted molar refractivity (Wildman–Crippen MR) is 116 cm³/mol. The van der Waals surface area contributed by atoms with Gasteiger partial charge in [-0.25, -0.2) is 4.79 Å². The number of thioether (sulfide) groups is 1. The second kappa shape index (κ2) is 9.58. The first-order valence-corrected chi connectivity index (χ1v) is 10.1. The maximum absolute atomic E-state index is 12.8. The van der Waals surface area contributed by atoms with Crippen LogP contribution in [0.1, 0.15) is 18.1 Å². The van der Waals surface area contributed by atoms with E-state index in [1.807, 2.05) is 37.3 Å². The SMILES string of the molecule is CCOc1cc(C=C2SC(=S)N(Cc3ccccc3)C2=O)ccc1OCC(=O)O. The van der Waals surface area contributed by atoms with Crippen LogP contribution in [-0.2, 0) is 16.1 Å². The lowest BCUT2D eigenvalue weighted by molar-refractivity contribution is -0.139. The van der Waals surface area contributed by atoms with Gasteiger partial charge in [-0.3, -0.25) is 9.69 Å². The molecule has 6 nitrogen and oxygen atoms in total. The van der Waals surface area contributed by atoms with Crippen molar-refractivity contribution in [3.05, 3.63) is 64.6 Å². The molecule has 0 atom stereocenters. The van der Waals surface area contributed by atoms with E-state index in [9.17, 15) is 9.59 Å². The fraction of sp³-hybridized carbons (Fsp3) is 0.190. The average molecular weight is 430 g/mol. The van der Waals surface area contributed by atoms with Crippen LogP contribution in [0.15, 0.2) is 53.4 Å². The van der Waals surface area contributed by atoms with Gasteiger partial charge in [-0.05, 0) is 36.3 Å². The molecule has 2 aromatic rings. The van der Waals surface area contributed by atoms with Crippen molar-refractivity contribution in [3.63, 3.8) is 0 Å². The van der Waals surface area contributed by atoms with Crippen LogP contribution in [0.3, 0.4) is 0 Å². The fourth-order valence-electron chi connectivity index (χ4n) is 2.70. The van der Waals surface area contributed by atoms with Gasteiger partial charge in [-0.1, -0.05) is 60.4 Å². The van der Waals surface area contributed by atoms with E-state index in [0.29, 0.717) is 33.9 Å². The minimum absolute atomic E-state index is 0.145. The second-order valence-corrected chi connectivity index (χ2v) is 7.75. The summed E-state index contributed by atoms with van der Waals surface area (Å²) in [6, 6.07) is 14.8. The molecule has 1 heterocycles. The Kier molecular flexibility index (Phi) is 6.90. The molecule has 0 bridgehead atoms. The third kappa shape index (κ3) is 5.36. The van der Waals surface area contributed by atoms with Gasteiger partial charge in [0.2, 0.25) is 0 Å². The molecule has 150 valence electrons. The average Bonchev–Trinajstić information content (AvgIpc) is 2.96. The maximum atomic E-state index is 12.8. The molecule has 0 unspecified atom stereocenters. The van der Waals surface area contributed by atoms with Crippen molar-refractivity contribution in [1.29, 1.82) is 0 Å². The molecule has 1 saturated heterocycles. The third-order valence-corrected chi connectivity index (χ3v) is 5.35. The van der Waals surface area contributed by atoms with E-state index in [1.54, 1.807) is 29.2 Å². The Bertz CT molecular complexity index is 959. The zero-order chi connectivity index (χ0) is 20.8. The largest absolute Gasteiger partial charge is 0.490 e. The first-order chi connectivity index (χ1) is 14.0. The van der Waals surface area contributed by atoms with E-state index >= 15 is 0 Å². The van der Waals surface area contributed by atoms with Crippen LogP contribution in [0.2, 0.25) is 0 Å². The van der Waals surface area contributed by atoms with Crippen molar-refractivity contribution < 1.29 is 24.2 Å². The van der Waals surface area contributed by atoms with E-state index in [1.165, 1.54) is 11.8 Å². The number of hydrogen-bond donors (Lipinski definition) is 1. The van der Waals surface area contributed by atoms with Gasteiger partial charge < -0.3 is 14.6 Å². The van der Waals surface area contributed by atoms with Crippen LogP contribution in [0.5, 0.6) is 11.5 Å². The van der Waals surface area contributed by atoms with Crippen molar-refractivity contribution in [1.82, 2.24) is 4.90 Å². The molecule has 0 spiro atoms. The van der Waals surface area contributed by atoms with Gasteiger partial charge >= 0.3 is 5.97 Å². The van der Waals surface area contributed by atoms with Gasteiger partial charge in [0.05, 0.1) is 18.1 Å². The molecule has 8 heteroatoms. The van der Waals surface area contributed by atoms with Crippen molar-refractivity contribution in [2.24, 2.45) is 0 Å². The molecular formula is C21H19NO5S2. The number of benzene rings is 2. The number of aliphatic carboxylic acids is 1. The number of nitrogens with zero attached hydrogens (tertiary/aromatic N) is 1. The number of carboxylic acid groups (broad SMARTS) is 1. The lowest BCUT2D eigenvalue weighted by atomic mass is 10.1. The lowest BCUT2D eigenvalue weighted by Gasteiger charge is -2.14. The van der Waals surface area contributed by atoms with Crippen LogP contribution in [-0.4, -0.2) is 39.4 Å².